The summed E-state index contributed by atoms with van der Waals surface area (Å²) in [6.07, 6.45) is 5.49. The third-order valence-electron chi connectivity index (χ3n) is 3.28. The second-order valence-corrected chi connectivity index (χ2v) is 4.25. The molecule has 1 aromatic rings. The van der Waals surface area contributed by atoms with E-state index in [1.54, 1.807) is 11.1 Å². The summed E-state index contributed by atoms with van der Waals surface area (Å²) in [5.74, 6) is 0. The highest BCUT2D eigenvalue weighted by Crippen LogP contribution is 2.23. The molecular formula is C13H20N2. The molecule has 0 atom stereocenters. The molecule has 2 nitrogen and oxygen atoms in total. The number of rotatable bonds is 3. The molecule has 0 bridgehead atoms. The topological polar surface area (TPSA) is 24.1 Å². The number of fused-ring (bicyclic) bond motifs is 1. The molecule has 0 unspecified atom stereocenters. The molecule has 0 saturated carbocycles. The van der Waals surface area contributed by atoms with Crippen LogP contribution in [0.25, 0.3) is 0 Å². The van der Waals surface area contributed by atoms with Crippen molar-refractivity contribution in [1.29, 1.82) is 0 Å². The fourth-order valence-electron chi connectivity index (χ4n) is 2.41. The van der Waals surface area contributed by atoms with E-state index in [4.69, 9.17) is 0 Å². The van der Waals surface area contributed by atoms with Gasteiger partial charge in [0, 0.05) is 0 Å². The van der Waals surface area contributed by atoms with E-state index in [0.717, 1.165) is 0 Å². The maximum atomic E-state index is 3.26. The van der Waals surface area contributed by atoms with Gasteiger partial charge in [0.25, 0.3) is 0 Å². The predicted octanol–water partition coefficient (Wildman–Crippen LogP) is 2.00. The van der Waals surface area contributed by atoms with Crippen LogP contribution in [0.1, 0.15) is 35.7 Å². The van der Waals surface area contributed by atoms with Crippen LogP contribution in [0.2, 0.25) is 0 Å². The zero-order chi connectivity index (χ0) is 10.7. The standard InChI is InChI=1S/C13H20N2/c1-14-13(15-2)12-8-7-10-5-3-4-6-11(10)9-12/h7-9,13-15H,3-6H2,1-2H3. The number of aryl methyl sites for hydroxylation is 2. The first-order valence-electron chi connectivity index (χ1n) is 5.81. The van der Waals surface area contributed by atoms with Crippen LogP contribution in [0, 0.1) is 0 Å². The van der Waals surface area contributed by atoms with Crippen LogP contribution in [0.15, 0.2) is 18.2 Å². The number of hydrogen-bond acceptors (Lipinski definition) is 2. The van der Waals surface area contributed by atoms with Crippen molar-refractivity contribution in [2.45, 2.75) is 31.8 Å². The van der Waals surface area contributed by atoms with Crippen molar-refractivity contribution in [1.82, 2.24) is 10.6 Å². The Labute approximate surface area is 92.1 Å². The van der Waals surface area contributed by atoms with Crippen LogP contribution >= 0.6 is 0 Å². The van der Waals surface area contributed by atoms with Crippen LogP contribution in [0.4, 0.5) is 0 Å². The molecule has 0 fully saturated rings. The number of benzene rings is 1. The minimum absolute atomic E-state index is 0.275. The Hall–Kier alpha value is -0.860. The van der Waals surface area contributed by atoms with E-state index in [-0.39, 0.29) is 6.17 Å². The molecular weight excluding hydrogens is 184 g/mol. The Morgan fingerprint density at radius 1 is 1.00 bits per heavy atom. The fraction of sp³-hybridized carbons (Fsp3) is 0.538. The van der Waals surface area contributed by atoms with Crippen molar-refractivity contribution >= 4 is 0 Å². The summed E-state index contributed by atoms with van der Waals surface area (Å²) >= 11 is 0. The van der Waals surface area contributed by atoms with Crippen LogP contribution in [-0.4, -0.2) is 14.1 Å². The van der Waals surface area contributed by atoms with Gasteiger partial charge in [0.15, 0.2) is 0 Å². The van der Waals surface area contributed by atoms with Crippen molar-refractivity contribution in [3.05, 3.63) is 34.9 Å². The van der Waals surface area contributed by atoms with Gasteiger partial charge in [0.2, 0.25) is 0 Å². The Morgan fingerprint density at radius 2 is 1.67 bits per heavy atom. The fourth-order valence-corrected chi connectivity index (χ4v) is 2.41. The molecule has 1 aliphatic carbocycles. The quantitative estimate of drug-likeness (QED) is 0.736. The minimum Gasteiger partial charge on any atom is -0.301 e. The molecule has 15 heavy (non-hydrogen) atoms. The average Bonchev–Trinajstić information content (AvgIpc) is 2.30. The highest BCUT2D eigenvalue weighted by molar-refractivity contribution is 5.35. The Balaban J connectivity index is 2.27. The third-order valence-corrected chi connectivity index (χ3v) is 3.28. The van der Waals surface area contributed by atoms with Crippen molar-refractivity contribution in [3.63, 3.8) is 0 Å². The van der Waals surface area contributed by atoms with E-state index < -0.39 is 0 Å². The Bertz CT molecular complexity index is 329. The molecule has 0 heterocycles. The molecule has 82 valence electrons. The van der Waals surface area contributed by atoms with E-state index in [1.807, 2.05) is 14.1 Å². The molecule has 2 heteroatoms. The largest absolute Gasteiger partial charge is 0.301 e. The zero-order valence-electron chi connectivity index (χ0n) is 9.64. The molecule has 0 radical (unpaired) electrons. The number of hydrogen-bond donors (Lipinski definition) is 2. The van der Waals surface area contributed by atoms with Gasteiger partial charge in [0.05, 0.1) is 6.17 Å². The van der Waals surface area contributed by atoms with E-state index >= 15 is 0 Å². The van der Waals surface area contributed by atoms with Gasteiger partial charge in [-0.2, -0.15) is 0 Å². The van der Waals surface area contributed by atoms with Gasteiger partial charge in [-0.3, -0.25) is 0 Å². The molecule has 0 aliphatic heterocycles. The molecule has 2 N–H and O–H groups in total. The SMILES string of the molecule is CNC(NC)c1ccc2c(c1)CCCC2. The summed E-state index contributed by atoms with van der Waals surface area (Å²) in [6, 6.07) is 6.89. The Kier molecular flexibility index (Phi) is 3.39. The predicted molar refractivity (Wildman–Crippen MR) is 63.9 cm³/mol. The van der Waals surface area contributed by atoms with Crippen LogP contribution in [0.5, 0.6) is 0 Å². The lowest BCUT2D eigenvalue weighted by atomic mass is 9.90. The van der Waals surface area contributed by atoms with E-state index in [2.05, 4.69) is 28.8 Å². The summed E-state index contributed by atoms with van der Waals surface area (Å²) in [5.41, 5.74) is 4.45. The summed E-state index contributed by atoms with van der Waals surface area (Å²) < 4.78 is 0. The van der Waals surface area contributed by atoms with Crippen LogP contribution < -0.4 is 10.6 Å². The van der Waals surface area contributed by atoms with E-state index in [0.29, 0.717) is 0 Å². The average molecular weight is 204 g/mol. The summed E-state index contributed by atoms with van der Waals surface area (Å²) in [6.45, 7) is 0. The first-order chi connectivity index (χ1) is 7.35. The first kappa shape index (κ1) is 10.7. The smallest absolute Gasteiger partial charge is 0.0830 e. The highest BCUT2D eigenvalue weighted by atomic mass is 15.1. The van der Waals surface area contributed by atoms with E-state index in [1.165, 1.54) is 31.2 Å². The minimum atomic E-state index is 0.275. The van der Waals surface area contributed by atoms with Crippen molar-refractivity contribution in [2.75, 3.05) is 14.1 Å². The van der Waals surface area contributed by atoms with Crippen molar-refractivity contribution in [2.24, 2.45) is 0 Å². The number of nitrogens with one attached hydrogen (secondary N) is 2. The normalized spacial score (nSPS) is 15.4. The highest BCUT2D eigenvalue weighted by Gasteiger charge is 2.12. The summed E-state index contributed by atoms with van der Waals surface area (Å²) in [5, 5.41) is 6.53. The van der Waals surface area contributed by atoms with Crippen LogP contribution in [-0.2, 0) is 12.8 Å². The summed E-state index contributed by atoms with van der Waals surface area (Å²) in [7, 11) is 3.97. The van der Waals surface area contributed by atoms with E-state index in [9.17, 15) is 0 Å². The third kappa shape index (κ3) is 2.21. The lowest BCUT2D eigenvalue weighted by Gasteiger charge is -2.20. The van der Waals surface area contributed by atoms with Gasteiger partial charge in [-0.1, -0.05) is 18.2 Å². The zero-order valence-corrected chi connectivity index (χ0v) is 9.64. The van der Waals surface area contributed by atoms with Crippen molar-refractivity contribution < 1.29 is 0 Å². The molecule has 2 rings (SSSR count). The molecule has 1 aromatic carbocycles. The Morgan fingerprint density at radius 3 is 2.33 bits per heavy atom. The maximum Gasteiger partial charge on any atom is 0.0830 e. The van der Waals surface area contributed by atoms with Crippen molar-refractivity contribution in [3.8, 4) is 0 Å². The van der Waals surface area contributed by atoms with Gasteiger partial charge in [-0.15, -0.1) is 0 Å². The van der Waals surface area contributed by atoms with Gasteiger partial charge in [-0.05, 0) is 56.5 Å². The molecule has 1 aliphatic rings. The van der Waals surface area contributed by atoms with Gasteiger partial charge in [0.1, 0.15) is 0 Å². The lowest BCUT2D eigenvalue weighted by molar-refractivity contribution is 0.518. The molecule has 0 amide bonds. The van der Waals surface area contributed by atoms with Crippen LogP contribution in [0.3, 0.4) is 0 Å². The monoisotopic (exact) mass is 204 g/mol. The maximum absolute atomic E-state index is 3.26. The first-order valence-corrected chi connectivity index (χ1v) is 5.81. The molecule has 0 saturated heterocycles. The second-order valence-electron chi connectivity index (χ2n) is 4.25. The van der Waals surface area contributed by atoms with Gasteiger partial charge < -0.3 is 10.6 Å². The van der Waals surface area contributed by atoms with Gasteiger partial charge in [-0.25, -0.2) is 0 Å². The lowest BCUT2D eigenvalue weighted by Crippen LogP contribution is -2.28. The van der Waals surface area contributed by atoms with Gasteiger partial charge >= 0.3 is 0 Å². The molecule has 0 spiro atoms. The summed E-state index contributed by atoms with van der Waals surface area (Å²) in [4.78, 5) is 0. The second kappa shape index (κ2) is 4.77. The molecule has 0 aromatic heterocycles.